The molecule has 0 aromatic carbocycles. The topological polar surface area (TPSA) is 67.4 Å². The van der Waals surface area contributed by atoms with Crippen LogP contribution in [0.1, 0.15) is 26.7 Å². The lowest BCUT2D eigenvalue weighted by atomic mass is 9.57. The molecule has 18 heavy (non-hydrogen) atoms. The summed E-state index contributed by atoms with van der Waals surface area (Å²) in [6.45, 7) is 6.72. The van der Waals surface area contributed by atoms with Crippen LogP contribution in [0.25, 0.3) is 0 Å². The van der Waals surface area contributed by atoms with Gasteiger partial charge >= 0.3 is 0 Å². The molecule has 6 heteroatoms. The summed E-state index contributed by atoms with van der Waals surface area (Å²) in [6, 6.07) is 0.503. The van der Waals surface area contributed by atoms with E-state index in [9.17, 15) is 8.42 Å². The summed E-state index contributed by atoms with van der Waals surface area (Å²) < 4.78 is 30.0. The molecule has 0 amide bonds. The molecular formula is C12H24N2O3S. The predicted molar refractivity (Wildman–Crippen MR) is 70.9 cm³/mol. The van der Waals surface area contributed by atoms with Gasteiger partial charge in [0.05, 0.1) is 12.4 Å². The van der Waals surface area contributed by atoms with Crippen molar-refractivity contribution in [1.29, 1.82) is 0 Å². The zero-order valence-corrected chi connectivity index (χ0v) is 12.2. The van der Waals surface area contributed by atoms with E-state index < -0.39 is 10.0 Å². The van der Waals surface area contributed by atoms with Gasteiger partial charge < -0.3 is 10.1 Å². The zero-order valence-electron chi connectivity index (χ0n) is 11.4. The largest absolute Gasteiger partial charge is 0.377 e. The van der Waals surface area contributed by atoms with E-state index in [0.717, 1.165) is 26.0 Å². The molecule has 2 fully saturated rings. The van der Waals surface area contributed by atoms with Gasteiger partial charge in [-0.1, -0.05) is 13.8 Å². The molecule has 2 rings (SSSR count). The van der Waals surface area contributed by atoms with E-state index >= 15 is 0 Å². The molecule has 0 aromatic heterocycles. The van der Waals surface area contributed by atoms with E-state index in [1.807, 2.05) is 0 Å². The third-order valence-corrected chi connectivity index (χ3v) is 4.91. The van der Waals surface area contributed by atoms with Crippen LogP contribution in [0.15, 0.2) is 0 Å². The van der Waals surface area contributed by atoms with Crippen LogP contribution in [0, 0.1) is 11.3 Å². The summed E-state index contributed by atoms with van der Waals surface area (Å²) in [5.41, 5.74) is 0.200. The Morgan fingerprint density at radius 3 is 2.72 bits per heavy atom. The normalized spacial score (nSPS) is 34.1. The number of hydrogen-bond acceptors (Lipinski definition) is 4. The van der Waals surface area contributed by atoms with E-state index in [4.69, 9.17) is 4.74 Å². The molecule has 1 saturated heterocycles. The van der Waals surface area contributed by atoms with Gasteiger partial charge in [0, 0.05) is 30.5 Å². The van der Waals surface area contributed by atoms with Crippen molar-refractivity contribution in [3.63, 3.8) is 0 Å². The van der Waals surface area contributed by atoms with Gasteiger partial charge in [0.15, 0.2) is 0 Å². The van der Waals surface area contributed by atoms with E-state index in [2.05, 4.69) is 23.9 Å². The molecule has 0 spiro atoms. The number of nitrogens with one attached hydrogen (secondary N) is 2. The van der Waals surface area contributed by atoms with Crippen LogP contribution in [0.5, 0.6) is 0 Å². The van der Waals surface area contributed by atoms with E-state index in [-0.39, 0.29) is 5.41 Å². The molecule has 0 bridgehead atoms. The summed E-state index contributed by atoms with van der Waals surface area (Å²) in [7, 11) is -3.05. The molecule has 2 N–H and O–H groups in total. The highest BCUT2D eigenvalue weighted by atomic mass is 32.2. The minimum atomic E-state index is -3.05. The summed E-state index contributed by atoms with van der Waals surface area (Å²) in [6.07, 6.45) is 3.56. The van der Waals surface area contributed by atoms with Crippen LogP contribution < -0.4 is 10.0 Å². The fraction of sp³-hybridized carbons (Fsp3) is 1.00. The lowest BCUT2D eigenvalue weighted by molar-refractivity contribution is -0.112. The third-order valence-electron chi connectivity index (χ3n) is 4.18. The van der Waals surface area contributed by atoms with Crippen molar-refractivity contribution in [3.05, 3.63) is 0 Å². The van der Waals surface area contributed by atoms with Crippen LogP contribution in [-0.2, 0) is 14.8 Å². The molecular weight excluding hydrogens is 252 g/mol. The molecule has 1 saturated carbocycles. The lowest BCUT2D eigenvalue weighted by Gasteiger charge is -2.55. The monoisotopic (exact) mass is 276 g/mol. The quantitative estimate of drug-likeness (QED) is 0.686. The fourth-order valence-corrected chi connectivity index (χ4v) is 3.86. The third kappa shape index (κ3) is 2.87. The number of sulfonamides is 1. The number of hydrogen-bond donors (Lipinski definition) is 2. The van der Waals surface area contributed by atoms with Gasteiger partial charge in [0.25, 0.3) is 0 Å². The molecule has 0 aromatic rings. The second kappa shape index (κ2) is 5.07. The van der Waals surface area contributed by atoms with Crippen molar-refractivity contribution in [1.82, 2.24) is 10.0 Å². The number of ether oxygens (including phenoxy) is 1. The Labute approximate surface area is 110 Å². The Bertz CT molecular complexity index is 394. The maximum absolute atomic E-state index is 10.9. The predicted octanol–water partition coefficient (Wildman–Crippen LogP) is 0.329. The molecule has 1 heterocycles. The maximum atomic E-state index is 10.9. The summed E-state index contributed by atoms with van der Waals surface area (Å²) in [5.74, 6) is 0.642. The fourth-order valence-electron chi connectivity index (χ4n) is 3.34. The van der Waals surface area contributed by atoms with Crippen molar-refractivity contribution in [2.45, 2.75) is 38.8 Å². The molecule has 1 aliphatic heterocycles. The highest BCUT2D eigenvalue weighted by molar-refractivity contribution is 7.88. The van der Waals surface area contributed by atoms with Gasteiger partial charge in [-0.3, -0.25) is 0 Å². The lowest BCUT2D eigenvalue weighted by Crippen LogP contribution is -2.65. The Hall–Kier alpha value is -0.170. The molecule has 106 valence electrons. The SMILES string of the molecule is CC1(C)C(NCCCNS(C)(=O)=O)C2CCOC21. The first kappa shape index (κ1) is 14.2. The first-order valence-electron chi connectivity index (χ1n) is 6.62. The average Bonchev–Trinajstić information content (AvgIpc) is 2.67. The summed E-state index contributed by atoms with van der Waals surface area (Å²) >= 11 is 0. The first-order chi connectivity index (χ1) is 8.32. The Balaban J connectivity index is 1.68. The van der Waals surface area contributed by atoms with Gasteiger partial charge in [0.1, 0.15) is 0 Å². The van der Waals surface area contributed by atoms with Gasteiger partial charge in [-0.25, -0.2) is 13.1 Å². The van der Waals surface area contributed by atoms with Gasteiger partial charge in [0.2, 0.25) is 10.0 Å². The molecule has 1 aliphatic carbocycles. The Morgan fingerprint density at radius 2 is 2.06 bits per heavy atom. The smallest absolute Gasteiger partial charge is 0.208 e. The van der Waals surface area contributed by atoms with Gasteiger partial charge in [-0.15, -0.1) is 0 Å². The van der Waals surface area contributed by atoms with Crippen LogP contribution in [0.3, 0.4) is 0 Å². The van der Waals surface area contributed by atoms with Crippen LogP contribution in [-0.4, -0.2) is 46.5 Å². The summed E-state index contributed by atoms with van der Waals surface area (Å²) in [5, 5.41) is 3.55. The van der Waals surface area contributed by atoms with E-state index in [1.165, 1.54) is 6.26 Å². The molecule has 5 nitrogen and oxygen atoms in total. The molecule has 3 atom stereocenters. The average molecular weight is 276 g/mol. The second-order valence-corrected chi connectivity index (χ2v) is 7.85. The van der Waals surface area contributed by atoms with Gasteiger partial charge in [-0.05, 0) is 19.4 Å². The Kier molecular flexibility index (Phi) is 4.02. The number of rotatable bonds is 6. The minimum absolute atomic E-state index is 0.200. The Morgan fingerprint density at radius 1 is 1.33 bits per heavy atom. The van der Waals surface area contributed by atoms with Crippen LogP contribution in [0.2, 0.25) is 0 Å². The minimum Gasteiger partial charge on any atom is -0.377 e. The van der Waals surface area contributed by atoms with Crippen molar-refractivity contribution in [3.8, 4) is 0 Å². The number of fused-ring (bicyclic) bond motifs is 1. The van der Waals surface area contributed by atoms with Crippen LogP contribution in [0.4, 0.5) is 0 Å². The van der Waals surface area contributed by atoms with E-state index in [1.54, 1.807) is 0 Å². The molecule has 0 radical (unpaired) electrons. The van der Waals surface area contributed by atoms with E-state index in [0.29, 0.717) is 24.6 Å². The highest BCUT2D eigenvalue weighted by Crippen LogP contribution is 2.51. The van der Waals surface area contributed by atoms with Crippen molar-refractivity contribution < 1.29 is 13.2 Å². The zero-order chi connectivity index (χ0) is 13.4. The van der Waals surface area contributed by atoms with Crippen molar-refractivity contribution >= 4 is 10.0 Å². The van der Waals surface area contributed by atoms with Gasteiger partial charge in [-0.2, -0.15) is 0 Å². The standard InChI is InChI=1S/C12H24N2O3S/c1-12(2)10(9-5-8-17-11(9)12)13-6-4-7-14-18(3,15)16/h9-11,13-14H,4-8H2,1-3H3. The molecule has 2 aliphatic rings. The van der Waals surface area contributed by atoms with Crippen molar-refractivity contribution in [2.75, 3.05) is 26.0 Å². The highest BCUT2D eigenvalue weighted by Gasteiger charge is 2.58. The second-order valence-electron chi connectivity index (χ2n) is 6.02. The van der Waals surface area contributed by atoms with Crippen molar-refractivity contribution in [2.24, 2.45) is 11.3 Å². The molecule has 3 unspecified atom stereocenters. The van der Waals surface area contributed by atoms with Crippen LogP contribution >= 0.6 is 0 Å². The maximum Gasteiger partial charge on any atom is 0.208 e. The summed E-state index contributed by atoms with van der Waals surface area (Å²) in [4.78, 5) is 0. The first-order valence-corrected chi connectivity index (χ1v) is 8.51.